The lowest BCUT2D eigenvalue weighted by Gasteiger charge is -2.31. The third-order valence-corrected chi connectivity index (χ3v) is 6.69. The molecule has 5 unspecified atom stereocenters. The van der Waals surface area contributed by atoms with Gasteiger partial charge in [0.1, 0.15) is 0 Å². The molecule has 3 rings (SSSR count). The maximum absolute atomic E-state index is 11.9. The largest absolute Gasteiger partial charge is 0.465 e. The summed E-state index contributed by atoms with van der Waals surface area (Å²) >= 11 is 0. The van der Waals surface area contributed by atoms with Crippen LogP contribution >= 0.6 is 0 Å². The van der Waals surface area contributed by atoms with Gasteiger partial charge >= 0.3 is 5.97 Å². The molecule has 0 aromatic heterocycles. The van der Waals surface area contributed by atoms with Crippen molar-refractivity contribution < 1.29 is 9.53 Å². The Morgan fingerprint density at radius 1 is 1.05 bits per heavy atom. The molecule has 2 nitrogen and oxygen atoms in total. The minimum Gasteiger partial charge on any atom is -0.465 e. The van der Waals surface area contributed by atoms with Gasteiger partial charge in [0.2, 0.25) is 0 Å². The van der Waals surface area contributed by atoms with Crippen LogP contribution in [-0.2, 0) is 9.53 Å². The molecule has 0 spiro atoms. The van der Waals surface area contributed by atoms with Gasteiger partial charge < -0.3 is 4.74 Å². The zero-order valence-electron chi connectivity index (χ0n) is 14.6. The molecule has 0 N–H and O–H groups in total. The second-order valence-corrected chi connectivity index (χ2v) is 8.59. The van der Waals surface area contributed by atoms with Crippen LogP contribution in [0.15, 0.2) is 0 Å². The molecule has 0 aromatic rings. The van der Waals surface area contributed by atoms with Crippen molar-refractivity contribution in [2.75, 3.05) is 6.61 Å². The minimum absolute atomic E-state index is 0.0512. The second kappa shape index (κ2) is 7.36. The Morgan fingerprint density at radius 2 is 1.86 bits per heavy atom. The average Bonchev–Trinajstić information content (AvgIpc) is 3.16. The molecule has 0 radical (unpaired) electrons. The van der Waals surface area contributed by atoms with Gasteiger partial charge in [-0.2, -0.15) is 0 Å². The highest BCUT2D eigenvalue weighted by Gasteiger charge is 2.53. The maximum atomic E-state index is 11.9. The molecule has 3 saturated carbocycles. The predicted octanol–water partition coefficient (Wildman–Crippen LogP) is 5.21. The molecular formula is C20H34O2. The second-order valence-electron chi connectivity index (χ2n) is 8.59. The summed E-state index contributed by atoms with van der Waals surface area (Å²) in [5, 5.41) is 0. The molecule has 2 bridgehead atoms. The van der Waals surface area contributed by atoms with Gasteiger partial charge in [0.15, 0.2) is 0 Å². The van der Waals surface area contributed by atoms with Gasteiger partial charge in [-0.15, -0.1) is 0 Å². The summed E-state index contributed by atoms with van der Waals surface area (Å²) in [5.74, 6) is 5.40. The van der Waals surface area contributed by atoms with E-state index in [1.54, 1.807) is 0 Å². The standard InChI is InChI=1S/C20H34O2/c1-14(2)7-4-3-5-10-20(21)22-13-16-11-15-12-19(16)18-9-6-8-17(15)18/h14-19H,3-13H2,1-2H3. The molecule has 0 amide bonds. The lowest BCUT2D eigenvalue weighted by Crippen LogP contribution is -2.28. The van der Waals surface area contributed by atoms with E-state index < -0.39 is 0 Å². The van der Waals surface area contributed by atoms with Crippen LogP contribution in [0.25, 0.3) is 0 Å². The van der Waals surface area contributed by atoms with Crippen molar-refractivity contribution in [1.29, 1.82) is 0 Å². The third-order valence-electron chi connectivity index (χ3n) is 6.69. The molecule has 0 saturated heterocycles. The lowest BCUT2D eigenvalue weighted by molar-refractivity contribution is -0.146. The first-order valence-corrected chi connectivity index (χ1v) is 9.80. The van der Waals surface area contributed by atoms with E-state index in [4.69, 9.17) is 4.74 Å². The SMILES string of the molecule is CC(C)CCCCCC(=O)OCC1CC2CC1C1CCCC21. The van der Waals surface area contributed by atoms with Crippen molar-refractivity contribution in [1.82, 2.24) is 0 Å². The number of carbonyl (C=O) groups excluding carboxylic acids is 1. The number of unbranched alkanes of at least 4 members (excludes halogenated alkanes) is 2. The minimum atomic E-state index is 0.0512. The molecule has 5 atom stereocenters. The van der Waals surface area contributed by atoms with E-state index in [9.17, 15) is 4.79 Å². The monoisotopic (exact) mass is 306 g/mol. The normalized spacial score (nSPS) is 36.0. The summed E-state index contributed by atoms with van der Waals surface area (Å²) in [5.41, 5.74) is 0. The first kappa shape index (κ1) is 16.3. The van der Waals surface area contributed by atoms with Crippen molar-refractivity contribution in [3.8, 4) is 0 Å². The first-order chi connectivity index (χ1) is 10.6. The van der Waals surface area contributed by atoms with Crippen molar-refractivity contribution >= 4 is 5.97 Å². The smallest absolute Gasteiger partial charge is 0.305 e. The van der Waals surface area contributed by atoms with Crippen LogP contribution < -0.4 is 0 Å². The Morgan fingerprint density at radius 3 is 2.68 bits per heavy atom. The lowest BCUT2D eigenvalue weighted by atomic mass is 9.76. The molecule has 126 valence electrons. The molecule has 3 aliphatic carbocycles. The van der Waals surface area contributed by atoms with Crippen molar-refractivity contribution in [2.24, 2.45) is 35.5 Å². The quantitative estimate of drug-likeness (QED) is 0.454. The topological polar surface area (TPSA) is 26.3 Å². The molecule has 3 aliphatic rings. The molecule has 2 heteroatoms. The zero-order valence-corrected chi connectivity index (χ0v) is 14.6. The van der Waals surface area contributed by atoms with E-state index in [1.807, 2.05) is 0 Å². The fourth-order valence-corrected chi connectivity index (χ4v) is 5.67. The van der Waals surface area contributed by atoms with E-state index in [2.05, 4.69) is 13.8 Å². The fourth-order valence-electron chi connectivity index (χ4n) is 5.67. The highest BCUT2D eigenvalue weighted by molar-refractivity contribution is 5.69. The van der Waals surface area contributed by atoms with Crippen LogP contribution in [0.5, 0.6) is 0 Å². The molecule has 3 fully saturated rings. The molecule has 0 aliphatic heterocycles. The van der Waals surface area contributed by atoms with Crippen LogP contribution in [0.4, 0.5) is 0 Å². The summed E-state index contributed by atoms with van der Waals surface area (Å²) in [6, 6.07) is 0. The van der Waals surface area contributed by atoms with E-state index in [1.165, 1.54) is 51.4 Å². The number of ether oxygens (including phenoxy) is 1. The summed E-state index contributed by atoms with van der Waals surface area (Å²) in [6.07, 6.45) is 12.5. The Hall–Kier alpha value is -0.530. The van der Waals surface area contributed by atoms with Gasteiger partial charge in [0.05, 0.1) is 6.61 Å². The summed E-state index contributed by atoms with van der Waals surface area (Å²) in [4.78, 5) is 11.9. The third kappa shape index (κ3) is 3.68. The van der Waals surface area contributed by atoms with Gasteiger partial charge in [-0.1, -0.05) is 39.5 Å². The van der Waals surface area contributed by atoms with Gasteiger partial charge in [-0.25, -0.2) is 0 Å². The molecular weight excluding hydrogens is 272 g/mol. The van der Waals surface area contributed by atoms with Crippen LogP contribution in [0.2, 0.25) is 0 Å². The van der Waals surface area contributed by atoms with Gasteiger partial charge in [0, 0.05) is 6.42 Å². The number of rotatable bonds is 8. The molecule has 0 aromatic carbocycles. The Labute approximate surface area is 136 Å². The average molecular weight is 306 g/mol. The Kier molecular flexibility index (Phi) is 5.46. The Balaban J connectivity index is 1.29. The fraction of sp³-hybridized carbons (Fsp3) is 0.950. The molecule has 22 heavy (non-hydrogen) atoms. The van der Waals surface area contributed by atoms with Crippen molar-refractivity contribution in [3.05, 3.63) is 0 Å². The maximum Gasteiger partial charge on any atom is 0.305 e. The van der Waals surface area contributed by atoms with Gasteiger partial charge in [0.25, 0.3) is 0 Å². The predicted molar refractivity (Wildman–Crippen MR) is 89.4 cm³/mol. The van der Waals surface area contributed by atoms with E-state index in [0.29, 0.717) is 12.3 Å². The zero-order chi connectivity index (χ0) is 15.5. The van der Waals surface area contributed by atoms with Crippen LogP contribution in [0.1, 0.15) is 78.1 Å². The summed E-state index contributed by atoms with van der Waals surface area (Å²) < 4.78 is 5.62. The van der Waals surface area contributed by atoms with E-state index in [0.717, 1.165) is 42.6 Å². The van der Waals surface area contributed by atoms with Crippen LogP contribution in [-0.4, -0.2) is 12.6 Å². The highest BCUT2D eigenvalue weighted by atomic mass is 16.5. The van der Waals surface area contributed by atoms with Gasteiger partial charge in [-0.05, 0) is 67.6 Å². The van der Waals surface area contributed by atoms with Crippen LogP contribution in [0.3, 0.4) is 0 Å². The van der Waals surface area contributed by atoms with Gasteiger partial charge in [-0.3, -0.25) is 4.79 Å². The number of hydrogen-bond acceptors (Lipinski definition) is 2. The molecule has 0 heterocycles. The summed E-state index contributed by atoms with van der Waals surface area (Å²) in [7, 11) is 0. The van der Waals surface area contributed by atoms with Crippen molar-refractivity contribution in [3.63, 3.8) is 0 Å². The number of fused-ring (bicyclic) bond motifs is 5. The van der Waals surface area contributed by atoms with Crippen LogP contribution in [0, 0.1) is 35.5 Å². The highest BCUT2D eigenvalue weighted by Crippen LogP contribution is 2.60. The number of esters is 1. The number of carbonyl (C=O) groups is 1. The van der Waals surface area contributed by atoms with E-state index >= 15 is 0 Å². The van der Waals surface area contributed by atoms with Crippen molar-refractivity contribution in [2.45, 2.75) is 78.1 Å². The summed E-state index contributed by atoms with van der Waals surface area (Å²) in [6.45, 7) is 5.24. The van der Waals surface area contributed by atoms with E-state index in [-0.39, 0.29) is 5.97 Å². The number of hydrogen-bond donors (Lipinski definition) is 0. The first-order valence-electron chi connectivity index (χ1n) is 9.80. The Bertz CT molecular complexity index is 376.